The first-order valence-electron chi connectivity index (χ1n) is 18.5. The van der Waals surface area contributed by atoms with Crippen LogP contribution in [0.5, 0.6) is 0 Å². The number of hydrogen-bond donors (Lipinski definition) is 3. The van der Waals surface area contributed by atoms with Crippen molar-refractivity contribution in [2.75, 3.05) is 6.54 Å². The van der Waals surface area contributed by atoms with Crippen molar-refractivity contribution in [2.45, 2.75) is 139 Å². The maximum atomic E-state index is 14.3. The highest BCUT2D eigenvalue weighted by Crippen LogP contribution is 2.46. The van der Waals surface area contributed by atoms with E-state index in [1.807, 2.05) is 36.4 Å². The van der Waals surface area contributed by atoms with Gasteiger partial charge in [0.2, 0.25) is 21.8 Å². The van der Waals surface area contributed by atoms with Gasteiger partial charge in [-0.2, -0.15) is 0 Å². The average Bonchev–Trinajstić information content (AvgIpc) is 3.53. The number of alkyl carbamates (subject to hydrolysis) is 1. The van der Waals surface area contributed by atoms with Crippen LogP contribution < -0.4 is 15.4 Å². The van der Waals surface area contributed by atoms with E-state index >= 15 is 0 Å². The summed E-state index contributed by atoms with van der Waals surface area (Å²) in [6.45, 7) is 5.76. The molecule has 52 heavy (non-hydrogen) atoms. The molecule has 1 saturated heterocycles. The van der Waals surface area contributed by atoms with E-state index in [0.29, 0.717) is 38.8 Å². The Hall–Kier alpha value is -4.14. The van der Waals surface area contributed by atoms with Gasteiger partial charge in [0, 0.05) is 25.4 Å². The van der Waals surface area contributed by atoms with Crippen LogP contribution in [0.3, 0.4) is 0 Å². The van der Waals surface area contributed by atoms with Crippen molar-refractivity contribution in [1.82, 2.24) is 25.2 Å². The Morgan fingerprint density at radius 2 is 1.63 bits per heavy atom. The highest BCUT2D eigenvalue weighted by atomic mass is 32.2. The van der Waals surface area contributed by atoms with Crippen molar-refractivity contribution in [3.05, 3.63) is 47.5 Å². The molecule has 3 aliphatic heterocycles. The molecule has 3 heterocycles. The second-order valence-electron chi connectivity index (χ2n) is 15.8. The predicted molar refractivity (Wildman–Crippen MR) is 190 cm³/mol. The second-order valence-corrected chi connectivity index (χ2v) is 17.8. The second kappa shape index (κ2) is 15.1. The minimum atomic E-state index is -3.97. The lowest BCUT2D eigenvalue weighted by atomic mass is 10.0. The van der Waals surface area contributed by atoms with Crippen LogP contribution in [0.2, 0.25) is 0 Å². The first-order chi connectivity index (χ1) is 24.6. The molecule has 0 spiro atoms. The Morgan fingerprint density at radius 3 is 2.31 bits per heavy atom. The lowest BCUT2D eigenvalue weighted by Crippen LogP contribution is -2.58. The van der Waals surface area contributed by atoms with Crippen molar-refractivity contribution in [1.29, 1.82) is 0 Å². The molecule has 14 nitrogen and oxygen atoms in total. The van der Waals surface area contributed by atoms with Crippen molar-refractivity contribution in [2.24, 2.45) is 5.92 Å². The van der Waals surface area contributed by atoms with E-state index in [1.54, 1.807) is 25.7 Å². The molecular weight excluding hydrogens is 690 g/mol. The number of carbonyl (C=O) groups excluding carboxylic acids is 5. The highest BCUT2D eigenvalue weighted by molar-refractivity contribution is 7.90. The molecule has 284 valence electrons. The molecule has 0 bridgehead atoms. The van der Waals surface area contributed by atoms with E-state index < -0.39 is 80.4 Å². The number of benzene rings is 1. The molecule has 0 radical (unpaired) electrons. The Balaban J connectivity index is 1.25. The zero-order valence-corrected chi connectivity index (χ0v) is 31.0. The van der Waals surface area contributed by atoms with E-state index in [4.69, 9.17) is 9.47 Å². The minimum Gasteiger partial charge on any atom is -0.444 e. The van der Waals surface area contributed by atoms with Gasteiger partial charge in [0.15, 0.2) is 0 Å². The SMILES string of the molecule is CC(C)(C)OC(=O)N[C@H]1CCCCC/C=C\[C@H]2C[C@@]2(C(=O)NS(=O)(=O)C2CCCC2)NC(=O)[C@@H]2C[C@@H](OC(=O)N3Cc4ccccc4C3)CN2C1=O. The number of fused-ring (bicyclic) bond motifs is 3. The Kier molecular flexibility index (Phi) is 10.9. The standard InChI is InChI=1S/C37H51N5O9S/c1-36(2,3)51-34(46)38-29-18-8-6-4-5-7-15-26-20-37(26,33(45)40-52(48,49)28-16-11-12-17-28)39-31(43)30-19-27(23-42(30)32(29)44)50-35(47)41-21-24-13-9-10-14-25(24)22-41/h7,9-10,13-15,26-30H,4-6,8,11-12,16-23H2,1-3H3,(H,38,46)(H,39,43)(H,40,45)/b15-7-/t26-,27+,29-,30-,37+/m0/s1. The van der Waals surface area contributed by atoms with E-state index in [0.717, 1.165) is 36.8 Å². The van der Waals surface area contributed by atoms with Crippen LogP contribution in [-0.4, -0.2) is 89.2 Å². The Bertz CT molecular complexity index is 1680. The topological polar surface area (TPSA) is 181 Å². The Morgan fingerprint density at radius 1 is 0.962 bits per heavy atom. The lowest BCUT2D eigenvalue weighted by molar-refractivity contribution is -0.141. The van der Waals surface area contributed by atoms with Gasteiger partial charge < -0.3 is 25.0 Å². The number of nitrogens with one attached hydrogen (secondary N) is 3. The van der Waals surface area contributed by atoms with E-state index in [-0.39, 0.29) is 25.8 Å². The number of amides is 5. The molecule has 5 atom stereocenters. The van der Waals surface area contributed by atoms with Gasteiger partial charge in [-0.3, -0.25) is 24.0 Å². The third-order valence-electron chi connectivity index (χ3n) is 10.7. The van der Waals surface area contributed by atoms with Crippen molar-refractivity contribution in [3.8, 4) is 0 Å². The third-order valence-corrected chi connectivity index (χ3v) is 12.5. The van der Waals surface area contributed by atoms with E-state index in [1.165, 1.54) is 4.90 Å². The summed E-state index contributed by atoms with van der Waals surface area (Å²) in [4.78, 5) is 71.6. The summed E-state index contributed by atoms with van der Waals surface area (Å²) in [6.07, 6.45) is 7.27. The first-order valence-corrected chi connectivity index (χ1v) is 20.1. The van der Waals surface area contributed by atoms with Crippen LogP contribution in [0.1, 0.15) is 103 Å². The van der Waals surface area contributed by atoms with Gasteiger partial charge in [-0.1, -0.05) is 62.1 Å². The smallest absolute Gasteiger partial charge is 0.410 e. The van der Waals surface area contributed by atoms with Crippen LogP contribution in [0.25, 0.3) is 0 Å². The summed E-state index contributed by atoms with van der Waals surface area (Å²) in [6, 6.07) is 5.49. The van der Waals surface area contributed by atoms with Gasteiger partial charge in [0.1, 0.15) is 29.3 Å². The Labute approximate surface area is 305 Å². The molecule has 15 heteroatoms. The van der Waals surface area contributed by atoms with Crippen LogP contribution in [0, 0.1) is 5.92 Å². The minimum absolute atomic E-state index is 0.0537. The molecule has 3 N–H and O–H groups in total. The van der Waals surface area contributed by atoms with Gasteiger partial charge in [-0.25, -0.2) is 18.0 Å². The van der Waals surface area contributed by atoms with Crippen molar-refractivity contribution >= 4 is 39.9 Å². The zero-order valence-electron chi connectivity index (χ0n) is 30.2. The molecule has 5 amide bonds. The van der Waals surface area contributed by atoms with E-state index in [9.17, 15) is 32.4 Å². The van der Waals surface area contributed by atoms with Crippen LogP contribution >= 0.6 is 0 Å². The zero-order chi connectivity index (χ0) is 37.3. The molecule has 6 rings (SSSR count). The first kappa shape index (κ1) is 37.6. The number of carbonyl (C=O) groups is 5. The molecule has 5 aliphatic rings. The molecule has 0 unspecified atom stereocenters. The van der Waals surface area contributed by atoms with Crippen molar-refractivity contribution < 1.29 is 41.9 Å². The number of allylic oxidation sites excluding steroid dienone is 1. The molecule has 3 fully saturated rings. The van der Waals surface area contributed by atoms with Crippen LogP contribution in [-0.2, 0) is 47.0 Å². The predicted octanol–water partition coefficient (Wildman–Crippen LogP) is 3.79. The summed E-state index contributed by atoms with van der Waals surface area (Å²) >= 11 is 0. The third kappa shape index (κ3) is 8.56. The van der Waals surface area contributed by atoms with Crippen molar-refractivity contribution in [3.63, 3.8) is 0 Å². The molecule has 2 saturated carbocycles. The average molecular weight is 742 g/mol. The summed E-state index contributed by atoms with van der Waals surface area (Å²) in [7, 11) is -3.97. The number of ether oxygens (including phenoxy) is 2. The largest absolute Gasteiger partial charge is 0.444 e. The molecule has 2 aliphatic carbocycles. The molecule has 1 aromatic rings. The maximum absolute atomic E-state index is 14.3. The normalized spacial score (nSPS) is 29.1. The van der Waals surface area contributed by atoms with Gasteiger partial charge in [-0.15, -0.1) is 0 Å². The quantitative estimate of drug-likeness (QED) is 0.379. The number of sulfonamides is 1. The van der Waals surface area contributed by atoms with E-state index in [2.05, 4.69) is 15.4 Å². The summed E-state index contributed by atoms with van der Waals surface area (Å²) in [5.74, 6) is -2.46. The number of hydrogen-bond acceptors (Lipinski definition) is 9. The van der Waals surface area contributed by atoms with Gasteiger partial charge in [0.05, 0.1) is 11.8 Å². The molecular formula is C37H51N5O9S. The fourth-order valence-electron chi connectivity index (χ4n) is 7.80. The van der Waals surface area contributed by atoms with Gasteiger partial charge in [0.25, 0.3) is 5.91 Å². The van der Waals surface area contributed by atoms with Crippen LogP contribution in [0.4, 0.5) is 9.59 Å². The number of rotatable bonds is 5. The fourth-order valence-corrected chi connectivity index (χ4v) is 9.36. The summed E-state index contributed by atoms with van der Waals surface area (Å²) in [5.41, 5.74) is -0.324. The van der Waals surface area contributed by atoms with Gasteiger partial charge in [-0.05, 0) is 70.4 Å². The lowest BCUT2D eigenvalue weighted by Gasteiger charge is -2.30. The summed E-state index contributed by atoms with van der Waals surface area (Å²) in [5, 5.41) is 4.88. The molecule has 0 aromatic heterocycles. The number of nitrogens with zero attached hydrogens (tertiary/aromatic N) is 2. The van der Waals surface area contributed by atoms with Gasteiger partial charge >= 0.3 is 12.2 Å². The summed E-state index contributed by atoms with van der Waals surface area (Å²) < 4.78 is 40.0. The highest BCUT2D eigenvalue weighted by Gasteiger charge is 2.62. The monoisotopic (exact) mass is 741 g/mol. The maximum Gasteiger partial charge on any atom is 0.410 e. The molecule has 1 aromatic carbocycles. The van der Waals surface area contributed by atoms with Crippen LogP contribution in [0.15, 0.2) is 36.4 Å². The fraction of sp³-hybridized carbons (Fsp3) is 0.649.